The minimum Gasteiger partial charge on any atom is -0.469 e. The summed E-state index contributed by atoms with van der Waals surface area (Å²) in [6.07, 6.45) is 5.23. The zero-order valence-electron chi connectivity index (χ0n) is 15.3. The molecular formula is C18H34N2O3. The second kappa shape index (κ2) is 10.6. The second-order valence-corrected chi connectivity index (χ2v) is 6.57. The standard InChI is InChI=1S/C18H34N2O3/c1-5-19(6-2)12-7-8-13-20(14-15(3)18(22)23-4)17(21)16-10-9-11-16/h15-16H,5-14H2,1-4H3. The van der Waals surface area contributed by atoms with E-state index in [1.165, 1.54) is 7.11 Å². The van der Waals surface area contributed by atoms with E-state index in [0.29, 0.717) is 6.54 Å². The number of hydrogen-bond donors (Lipinski definition) is 0. The summed E-state index contributed by atoms with van der Waals surface area (Å²) in [6, 6.07) is 0. The molecule has 0 heterocycles. The van der Waals surface area contributed by atoms with Crippen molar-refractivity contribution >= 4 is 11.9 Å². The number of carbonyl (C=O) groups is 2. The lowest BCUT2D eigenvalue weighted by Crippen LogP contribution is -2.43. The molecule has 0 aliphatic heterocycles. The highest BCUT2D eigenvalue weighted by molar-refractivity contribution is 5.80. The second-order valence-electron chi connectivity index (χ2n) is 6.57. The monoisotopic (exact) mass is 326 g/mol. The van der Waals surface area contributed by atoms with Crippen LogP contribution in [0.5, 0.6) is 0 Å². The normalized spacial score (nSPS) is 16.0. The number of ether oxygens (including phenoxy) is 1. The molecule has 134 valence electrons. The number of hydrogen-bond acceptors (Lipinski definition) is 4. The molecular weight excluding hydrogens is 292 g/mol. The molecule has 1 rings (SSSR count). The molecule has 1 amide bonds. The van der Waals surface area contributed by atoms with Crippen LogP contribution in [-0.2, 0) is 14.3 Å². The minimum absolute atomic E-state index is 0.183. The molecule has 0 bridgehead atoms. The summed E-state index contributed by atoms with van der Waals surface area (Å²) in [5.74, 6) is -0.0798. The quantitative estimate of drug-likeness (QED) is 0.432. The molecule has 0 spiro atoms. The molecule has 0 aromatic heterocycles. The van der Waals surface area contributed by atoms with Crippen molar-refractivity contribution in [1.29, 1.82) is 0 Å². The first-order chi connectivity index (χ1) is 11.0. The van der Waals surface area contributed by atoms with Crippen molar-refractivity contribution in [2.24, 2.45) is 11.8 Å². The van der Waals surface area contributed by atoms with Crippen molar-refractivity contribution in [2.45, 2.75) is 52.9 Å². The van der Waals surface area contributed by atoms with Crippen LogP contribution in [-0.4, -0.2) is 61.5 Å². The van der Waals surface area contributed by atoms with E-state index < -0.39 is 0 Å². The lowest BCUT2D eigenvalue weighted by molar-refractivity contribution is -0.147. The highest BCUT2D eigenvalue weighted by Crippen LogP contribution is 2.28. The molecule has 23 heavy (non-hydrogen) atoms. The Morgan fingerprint density at radius 2 is 1.74 bits per heavy atom. The first-order valence-electron chi connectivity index (χ1n) is 9.12. The number of rotatable bonds is 11. The summed E-state index contributed by atoms with van der Waals surface area (Å²) in [5, 5.41) is 0. The van der Waals surface area contributed by atoms with Gasteiger partial charge in [-0.3, -0.25) is 9.59 Å². The Morgan fingerprint density at radius 1 is 1.13 bits per heavy atom. The third-order valence-electron chi connectivity index (χ3n) is 4.91. The molecule has 1 saturated carbocycles. The highest BCUT2D eigenvalue weighted by Gasteiger charge is 2.30. The summed E-state index contributed by atoms with van der Waals surface area (Å²) in [4.78, 5) is 28.5. The van der Waals surface area contributed by atoms with Gasteiger partial charge in [0.05, 0.1) is 13.0 Å². The zero-order valence-corrected chi connectivity index (χ0v) is 15.3. The first kappa shape index (κ1) is 19.9. The molecule has 0 aromatic carbocycles. The van der Waals surface area contributed by atoms with E-state index in [-0.39, 0.29) is 23.7 Å². The fourth-order valence-electron chi connectivity index (χ4n) is 2.99. The van der Waals surface area contributed by atoms with Crippen molar-refractivity contribution in [3.8, 4) is 0 Å². The van der Waals surface area contributed by atoms with Gasteiger partial charge in [0, 0.05) is 19.0 Å². The summed E-state index contributed by atoms with van der Waals surface area (Å²) in [5.41, 5.74) is 0. The van der Waals surface area contributed by atoms with Crippen LogP contribution in [0.1, 0.15) is 52.9 Å². The third-order valence-corrected chi connectivity index (χ3v) is 4.91. The predicted octanol–water partition coefficient (Wildman–Crippen LogP) is 2.55. The van der Waals surface area contributed by atoms with E-state index in [9.17, 15) is 9.59 Å². The molecule has 5 nitrogen and oxygen atoms in total. The highest BCUT2D eigenvalue weighted by atomic mass is 16.5. The molecule has 0 N–H and O–H groups in total. The van der Waals surface area contributed by atoms with Crippen LogP contribution in [0.4, 0.5) is 0 Å². The Morgan fingerprint density at radius 3 is 2.22 bits per heavy atom. The Bertz CT molecular complexity index is 365. The van der Waals surface area contributed by atoms with Gasteiger partial charge in [0.25, 0.3) is 0 Å². The van der Waals surface area contributed by atoms with Crippen molar-refractivity contribution in [1.82, 2.24) is 9.80 Å². The predicted molar refractivity (Wildman–Crippen MR) is 92.1 cm³/mol. The molecule has 1 atom stereocenters. The van der Waals surface area contributed by atoms with Gasteiger partial charge in [0.15, 0.2) is 0 Å². The fourth-order valence-corrected chi connectivity index (χ4v) is 2.99. The topological polar surface area (TPSA) is 49.9 Å². The lowest BCUT2D eigenvalue weighted by atomic mass is 9.84. The van der Waals surface area contributed by atoms with Crippen LogP contribution >= 0.6 is 0 Å². The largest absolute Gasteiger partial charge is 0.469 e. The first-order valence-corrected chi connectivity index (χ1v) is 9.12. The van der Waals surface area contributed by atoms with Gasteiger partial charge in [0.1, 0.15) is 0 Å². The SMILES string of the molecule is CCN(CC)CCCCN(CC(C)C(=O)OC)C(=O)C1CCC1. The molecule has 1 fully saturated rings. The van der Waals surface area contributed by atoms with Crippen LogP contribution in [0.3, 0.4) is 0 Å². The number of nitrogens with zero attached hydrogens (tertiary/aromatic N) is 2. The summed E-state index contributed by atoms with van der Waals surface area (Å²) in [7, 11) is 1.40. The maximum absolute atomic E-state index is 12.6. The Hall–Kier alpha value is -1.10. The average molecular weight is 326 g/mol. The maximum Gasteiger partial charge on any atom is 0.310 e. The van der Waals surface area contributed by atoms with E-state index in [0.717, 1.165) is 58.3 Å². The van der Waals surface area contributed by atoms with E-state index in [2.05, 4.69) is 18.7 Å². The smallest absolute Gasteiger partial charge is 0.310 e. The van der Waals surface area contributed by atoms with Gasteiger partial charge in [-0.2, -0.15) is 0 Å². The molecule has 5 heteroatoms. The number of amides is 1. The average Bonchev–Trinajstić information content (AvgIpc) is 2.51. The van der Waals surface area contributed by atoms with Gasteiger partial charge in [0.2, 0.25) is 5.91 Å². The van der Waals surface area contributed by atoms with Crippen LogP contribution in [0, 0.1) is 11.8 Å². The molecule has 0 radical (unpaired) electrons. The van der Waals surface area contributed by atoms with Crippen LogP contribution in [0.15, 0.2) is 0 Å². The van der Waals surface area contributed by atoms with Gasteiger partial charge in [-0.25, -0.2) is 0 Å². The minimum atomic E-state index is -0.258. The summed E-state index contributed by atoms with van der Waals surface area (Å²) in [6.45, 7) is 10.6. The van der Waals surface area contributed by atoms with Crippen LogP contribution < -0.4 is 0 Å². The summed E-state index contributed by atoms with van der Waals surface area (Å²) >= 11 is 0. The number of unbranched alkanes of at least 4 members (excludes halogenated alkanes) is 1. The van der Waals surface area contributed by atoms with Crippen molar-refractivity contribution in [3.63, 3.8) is 0 Å². The number of carbonyl (C=O) groups excluding carboxylic acids is 2. The summed E-state index contributed by atoms with van der Waals surface area (Å²) < 4.78 is 4.80. The van der Waals surface area contributed by atoms with Crippen molar-refractivity contribution in [3.05, 3.63) is 0 Å². The Kier molecular flexibility index (Phi) is 9.22. The molecule has 1 aliphatic rings. The van der Waals surface area contributed by atoms with Gasteiger partial charge in [-0.1, -0.05) is 27.2 Å². The number of esters is 1. The van der Waals surface area contributed by atoms with Gasteiger partial charge in [-0.05, 0) is 45.3 Å². The number of methoxy groups -OCH3 is 1. The Labute approximate surface area is 141 Å². The van der Waals surface area contributed by atoms with E-state index in [1.54, 1.807) is 0 Å². The maximum atomic E-state index is 12.6. The van der Waals surface area contributed by atoms with Crippen molar-refractivity contribution < 1.29 is 14.3 Å². The van der Waals surface area contributed by atoms with Gasteiger partial charge >= 0.3 is 5.97 Å². The third kappa shape index (κ3) is 6.50. The fraction of sp³-hybridized carbons (Fsp3) is 0.889. The zero-order chi connectivity index (χ0) is 17.2. The lowest BCUT2D eigenvalue weighted by Gasteiger charge is -2.33. The Balaban J connectivity index is 2.47. The van der Waals surface area contributed by atoms with Crippen LogP contribution in [0.25, 0.3) is 0 Å². The van der Waals surface area contributed by atoms with E-state index >= 15 is 0 Å². The van der Waals surface area contributed by atoms with Gasteiger partial charge < -0.3 is 14.5 Å². The van der Waals surface area contributed by atoms with E-state index in [4.69, 9.17) is 4.74 Å². The van der Waals surface area contributed by atoms with Crippen molar-refractivity contribution in [2.75, 3.05) is 39.8 Å². The van der Waals surface area contributed by atoms with Crippen LogP contribution in [0.2, 0.25) is 0 Å². The molecule has 1 aliphatic carbocycles. The molecule has 0 aromatic rings. The molecule has 1 unspecified atom stereocenters. The van der Waals surface area contributed by atoms with Gasteiger partial charge in [-0.15, -0.1) is 0 Å². The molecule has 0 saturated heterocycles. The van der Waals surface area contributed by atoms with E-state index in [1.807, 2.05) is 11.8 Å².